The zero-order chi connectivity index (χ0) is 23.7. The van der Waals surface area contributed by atoms with E-state index in [1.807, 2.05) is 37.2 Å². The topological polar surface area (TPSA) is 70.1 Å². The van der Waals surface area contributed by atoms with Crippen molar-refractivity contribution in [3.05, 3.63) is 95.3 Å². The molecule has 1 amide bonds. The van der Waals surface area contributed by atoms with Gasteiger partial charge in [-0.05, 0) is 48.0 Å². The van der Waals surface area contributed by atoms with Crippen molar-refractivity contribution in [3.63, 3.8) is 0 Å². The lowest BCUT2D eigenvalue weighted by molar-refractivity contribution is -0.132. The maximum Gasteiger partial charge on any atom is 0.300 e. The summed E-state index contributed by atoms with van der Waals surface area (Å²) in [5.74, 6) is -2.56. The molecule has 0 aliphatic carbocycles. The Morgan fingerprint density at radius 1 is 1.00 bits per heavy atom. The third-order valence-electron chi connectivity index (χ3n) is 5.62. The first kappa shape index (κ1) is 22.1. The highest BCUT2D eigenvalue weighted by molar-refractivity contribution is 6.51. The zero-order valence-corrected chi connectivity index (χ0v) is 18.4. The summed E-state index contributed by atoms with van der Waals surface area (Å²) in [5.41, 5.74) is 1.93. The number of aliphatic hydroxyl groups is 1. The van der Waals surface area contributed by atoms with Crippen molar-refractivity contribution >= 4 is 28.8 Å². The van der Waals surface area contributed by atoms with Crippen LogP contribution in [0, 0.1) is 5.82 Å². The summed E-state index contributed by atoms with van der Waals surface area (Å²) in [4.78, 5) is 29.7. The molecule has 4 rings (SSSR count). The number of rotatable bonds is 5. The van der Waals surface area contributed by atoms with Gasteiger partial charge in [-0.15, -0.1) is 0 Å². The first-order valence-corrected chi connectivity index (χ1v) is 10.3. The zero-order valence-electron chi connectivity index (χ0n) is 18.4. The second kappa shape index (κ2) is 8.78. The van der Waals surface area contributed by atoms with Crippen molar-refractivity contribution in [1.82, 2.24) is 0 Å². The molecule has 1 unspecified atom stereocenters. The number of benzene rings is 3. The number of ether oxygens (including phenoxy) is 1. The number of carbonyl (C=O) groups is 2. The lowest BCUT2D eigenvalue weighted by Gasteiger charge is -2.26. The van der Waals surface area contributed by atoms with Gasteiger partial charge < -0.3 is 14.7 Å². The van der Waals surface area contributed by atoms with Gasteiger partial charge in [-0.2, -0.15) is 0 Å². The van der Waals surface area contributed by atoms with Crippen molar-refractivity contribution in [2.45, 2.75) is 6.04 Å². The summed E-state index contributed by atoms with van der Waals surface area (Å²) in [7, 11) is 5.18. The molecular weight excluding hydrogens is 423 g/mol. The third kappa shape index (κ3) is 3.93. The highest BCUT2D eigenvalue weighted by Crippen LogP contribution is 2.43. The molecule has 0 bridgehead atoms. The number of anilines is 2. The molecule has 1 saturated heterocycles. The summed E-state index contributed by atoms with van der Waals surface area (Å²) < 4.78 is 19.3. The average Bonchev–Trinajstić information content (AvgIpc) is 3.09. The van der Waals surface area contributed by atoms with E-state index in [9.17, 15) is 19.1 Å². The van der Waals surface area contributed by atoms with E-state index < -0.39 is 29.3 Å². The highest BCUT2D eigenvalue weighted by atomic mass is 19.1. The van der Waals surface area contributed by atoms with Gasteiger partial charge in [0.05, 0.1) is 24.3 Å². The van der Waals surface area contributed by atoms with Gasteiger partial charge in [0.2, 0.25) is 0 Å². The highest BCUT2D eigenvalue weighted by Gasteiger charge is 2.47. The fraction of sp³-hybridized carbons (Fsp3) is 0.154. The van der Waals surface area contributed by atoms with E-state index in [2.05, 4.69) is 0 Å². The summed E-state index contributed by atoms with van der Waals surface area (Å²) >= 11 is 0. The van der Waals surface area contributed by atoms with Crippen molar-refractivity contribution in [3.8, 4) is 5.75 Å². The van der Waals surface area contributed by atoms with Gasteiger partial charge in [0, 0.05) is 25.5 Å². The quantitative estimate of drug-likeness (QED) is 0.354. The van der Waals surface area contributed by atoms with Crippen LogP contribution < -0.4 is 14.5 Å². The number of hydrogen-bond donors (Lipinski definition) is 1. The number of ketones is 1. The van der Waals surface area contributed by atoms with Gasteiger partial charge in [-0.25, -0.2) is 4.39 Å². The van der Waals surface area contributed by atoms with Gasteiger partial charge in [0.25, 0.3) is 11.7 Å². The average molecular weight is 446 g/mol. The Hall–Kier alpha value is -4.13. The van der Waals surface area contributed by atoms with Crippen LogP contribution in [0.2, 0.25) is 0 Å². The third-order valence-corrected chi connectivity index (χ3v) is 5.62. The van der Waals surface area contributed by atoms with Crippen molar-refractivity contribution in [2.24, 2.45) is 0 Å². The van der Waals surface area contributed by atoms with E-state index in [0.717, 1.165) is 11.8 Å². The fourth-order valence-corrected chi connectivity index (χ4v) is 3.97. The molecule has 0 aromatic heterocycles. The normalized spacial score (nSPS) is 17.3. The number of aliphatic hydroxyl groups excluding tert-OH is 1. The molecule has 1 aliphatic heterocycles. The number of amides is 1. The van der Waals surface area contributed by atoms with Crippen LogP contribution in [0.3, 0.4) is 0 Å². The Balaban J connectivity index is 1.94. The van der Waals surface area contributed by atoms with E-state index >= 15 is 0 Å². The number of carbonyl (C=O) groups excluding carboxylic acids is 2. The Morgan fingerprint density at radius 3 is 2.27 bits per heavy atom. The Kier molecular flexibility index (Phi) is 5.87. The smallest absolute Gasteiger partial charge is 0.300 e. The number of halogens is 1. The molecule has 1 fully saturated rings. The molecule has 0 saturated carbocycles. The Bertz CT molecular complexity index is 1240. The van der Waals surface area contributed by atoms with Crippen molar-refractivity contribution in [2.75, 3.05) is 31.0 Å². The van der Waals surface area contributed by atoms with Crippen LogP contribution >= 0.6 is 0 Å². The van der Waals surface area contributed by atoms with Gasteiger partial charge in [-0.1, -0.05) is 30.3 Å². The van der Waals surface area contributed by atoms with Gasteiger partial charge >= 0.3 is 0 Å². The van der Waals surface area contributed by atoms with E-state index in [1.54, 1.807) is 36.4 Å². The van der Waals surface area contributed by atoms with Crippen LogP contribution in [-0.2, 0) is 9.59 Å². The maximum absolute atomic E-state index is 14.0. The molecule has 3 aromatic rings. The van der Waals surface area contributed by atoms with Crippen molar-refractivity contribution in [1.29, 1.82) is 0 Å². The Morgan fingerprint density at radius 2 is 1.67 bits per heavy atom. The second-order valence-electron chi connectivity index (χ2n) is 7.84. The van der Waals surface area contributed by atoms with Crippen LogP contribution in [0.4, 0.5) is 15.8 Å². The minimum atomic E-state index is -0.899. The Labute approximate surface area is 191 Å². The molecular formula is C26H23FN2O4. The molecule has 6 nitrogen and oxygen atoms in total. The van der Waals surface area contributed by atoms with E-state index in [1.165, 1.54) is 24.1 Å². The standard InChI is InChI=1S/C26H23FN2O4/c1-28(2)18-10-12-19(13-11-18)29-23(16-7-5-4-6-8-16)22(25(31)26(29)32)24(30)20-15-17(27)9-14-21(20)33-3/h4-15,23,30H,1-3H3/b24-22+. The first-order valence-electron chi connectivity index (χ1n) is 10.3. The lowest BCUT2D eigenvalue weighted by Crippen LogP contribution is -2.29. The fourth-order valence-electron chi connectivity index (χ4n) is 3.97. The van der Waals surface area contributed by atoms with Gasteiger partial charge in [-0.3, -0.25) is 14.5 Å². The number of hydrogen-bond acceptors (Lipinski definition) is 5. The van der Waals surface area contributed by atoms with Crippen LogP contribution in [-0.4, -0.2) is 38.0 Å². The maximum atomic E-state index is 14.0. The molecule has 0 radical (unpaired) electrons. The van der Waals surface area contributed by atoms with Crippen LogP contribution in [0.1, 0.15) is 17.2 Å². The van der Waals surface area contributed by atoms with E-state index in [-0.39, 0.29) is 16.9 Å². The second-order valence-corrected chi connectivity index (χ2v) is 7.84. The minimum Gasteiger partial charge on any atom is -0.507 e. The molecule has 1 N–H and O–H groups in total. The minimum absolute atomic E-state index is 0.000568. The van der Waals surface area contributed by atoms with Gasteiger partial charge in [0.15, 0.2) is 0 Å². The molecule has 7 heteroatoms. The largest absolute Gasteiger partial charge is 0.507 e. The molecule has 3 aromatic carbocycles. The van der Waals surface area contributed by atoms with Crippen LogP contribution in [0.5, 0.6) is 5.75 Å². The summed E-state index contributed by atoms with van der Waals surface area (Å²) in [6.07, 6.45) is 0. The molecule has 1 aliphatic rings. The summed E-state index contributed by atoms with van der Waals surface area (Å²) in [6, 6.07) is 18.8. The molecule has 1 atom stereocenters. The number of Topliss-reactive ketones (excluding diaryl/α,β-unsaturated/α-hetero) is 1. The first-order chi connectivity index (χ1) is 15.8. The molecule has 168 valence electrons. The predicted octanol–water partition coefficient (Wildman–Crippen LogP) is 4.53. The van der Waals surface area contributed by atoms with Crippen molar-refractivity contribution < 1.29 is 23.8 Å². The molecule has 0 spiro atoms. The lowest BCUT2D eigenvalue weighted by atomic mass is 9.95. The number of nitrogens with zero attached hydrogens (tertiary/aromatic N) is 2. The van der Waals surface area contributed by atoms with Crippen LogP contribution in [0.25, 0.3) is 5.76 Å². The van der Waals surface area contributed by atoms with E-state index in [0.29, 0.717) is 11.3 Å². The predicted molar refractivity (Wildman–Crippen MR) is 125 cm³/mol. The van der Waals surface area contributed by atoms with Crippen LogP contribution in [0.15, 0.2) is 78.4 Å². The monoisotopic (exact) mass is 446 g/mol. The molecule has 33 heavy (non-hydrogen) atoms. The summed E-state index contributed by atoms with van der Waals surface area (Å²) in [5, 5.41) is 11.2. The SMILES string of the molecule is COc1ccc(F)cc1/C(O)=C1\C(=O)C(=O)N(c2ccc(N(C)C)cc2)C1c1ccccc1. The van der Waals surface area contributed by atoms with Gasteiger partial charge in [0.1, 0.15) is 17.3 Å². The number of methoxy groups -OCH3 is 1. The summed E-state index contributed by atoms with van der Waals surface area (Å²) in [6.45, 7) is 0. The van der Waals surface area contributed by atoms with E-state index in [4.69, 9.17) is 4.74 Å². The molecule has 1 heterocycles.